The van der Waals surface area contributed by atoms with Crippen molar-refractivity contribution >= 4 is 27.3 Å². The number of benzene rings is 2. The number of hydrogen-bond acceptors (Lipinski definition) is 4. The van der Waals surface area contributed by atoms with Crippen LogP contribution >= 0.6 is 0 Å². The van der Waals surface area contributed by atoms with Gasteiger partial charge >= 0.3 is 0 Å². The highest BCUT2D eigenvalue weighted by Gasteiger charge is 2.21. The third-order valence-corrected chi connectivity index (χ3v) is 6.33. The second-order valence-electron chi connectivity index (χ2n) is 7.24. The third kappa shape index (κ3) is 5.69. The summed E-state index contributed by atoms with van der Waals surface area (Å²) in [7, 11) is -3.80. The minimum absolute atomic E-state index is 0.0160. The Kier molecular flexibility index (Phi) is 6.74. The number of halogens is 1. The van der Waals surface area contributed by atoms with Crippen molar-refractivity contribution < 1.29 is 17.6 Å². The lowest BCUT2D eigenvalue weighted by Crippen LogP contribution is -2.41. The molecule has 0 radical (unpaired) electrons. The fraction of sp³-hybridized carbons (Fsp3) is 0.381. The monoisotopic (exact) mass is 419 g/mol. The smallest absolute Gasteiger partial charge is 0.261 e. The average Bonchev–Trinajstić information content (AvgIpc) is 2.98. The largest absolute Gasteiger partial charge is 0.374 e. The van der Waals surface area contributed by atoms with Crippen LogP contribution in [0.25, 0.3) is 0 Å². The molecule has 1 fully saturated rings. The van der Waals surface area contributed by atoms with E-state index < -0.39 is 15.8 Å². The van der Waals surface area contributed by atoms with Crippen LogP contribution in [0.3, 0.4) is 0 Å². The van der Waals surface area contributed by atoms with Gasteiger partial charge in [0.25, 0.3) is 10.0 Å². The molecule has 6 nitrogen and oxygen atoms in total. The molecule has 0 bridgehead atoms. The zero-order valence-corrected chi connectivity index (χ0v) is 17.2. The first-order chi connectivity index (χ1) is 13.8. The van der Waals surface area contributed by atoms with Gasteiger partial charge in [0.05, 0.1) is 4.90 Å². The molecule has 1 amide bonds. The molecule has 0 spiro atoms. The summed E-state index contributed by atoms with van der Waals surface area (Å²) in [5, 5.41) is 3.18. The van der Waals surface area contributed by atoms with Gasteiger partial charge in [0.15, 0.2) is 0 Å². The summed E-state index contributed by atoms with van der Waals surface area (Å²) < 4.78 is 40.2. The maximum Gasteiger partial charge on any atom is 0.261 e. The molecule has 8 heteroatoms. The van der Waals surface area contributed by atoms with Gasteiger partial charge in [-0.15, -0.1) is 0 Å². The Morgan fingerprint density at radius 1 is 0.931 bits per heavy atom. The molecule has 1 aliphatic heterocycles. The molecule has 1 saturated heterocycles. The second-order valence-corrected chi connectivity index (χ2v) is 8.92. The van der Waals surface area contributed by atoms with E-state index in [1.54, 1.807) is 24.3 Å². The lowest BCUT2D eigenvalue weighted by atomic mass is 10.2. The van der Waals surface area contributed by atoms with Gasteiger partial charge in [0.2, 0.25) is 5.91 Å². The van der Waals surface area contributed by atoms with Crippen LogP contribution in [0, 0.1) is 5.82 Å². The summed E-state index contributed by atoms with van der Waals surface area (Å²) in [6.07, 6.45) is 4.42. The van der Waals surface area contributed by atoms with Crippen molar-refractivity contribution in [2.24, 2.45) is 0 Å². The zero-order chi connectivity index (χ0) is 20.9. The van der Waals surface area contributed by atoms with Crippen LogP contribution in [-0.4, -0.2) is 38.4 Å². The van der Waals surface area contributed by atoms with Crippen molar-refractivity contribution in [1.82, 2.24) is 4.90 Å². The van der Waals surface area contributed by atoms with Gasteiger partial charge in [-0.1, -0.05) is 12.8 Å². The highest BCUT2D eigenvalue weighted by Crippen LogP contribution is 2.20. The maximum atomic E-state index is 13.0. The molecule has 2 aromatic rings. The molecule has 156 valence electrons. The summed E-state index contributed by atoms with van der Waals surface area (Å²) in [6.45, 7) is 3.43. The lowest BCUT2D eigenvalue weighted by Gasteiger charge is -2.25. The van der Waals surface area contributed by atoms with Gasteiger partial charge in [-0.3, -0.25) is 9.52 Å². The summed E-state index contributed by atoms with van der Waals surface area (Å²) in [6, 6.07) is 10.9. The highest BCUT2D eigenvalue weighted by atomic mass is 32.2. The molecular formula is C21H26FN3O3S. The molecule has 1 atom stereocenters. The van der Waals surface area contributed by atoms with Gasteiger partial charge in [-0.2, -0.15) is 0 Å². The van der Waals surface area contributed by atoms with Crippen molar-refractivity contribution in [2.45, 2.75) is 43.5 Å². The van der Waals surface area contributed by atoms with E-state index in [0.717, 1.165) is 43.8 Å². The van der Waals surface area contributed by atoms with Crippen LogP contribution in [0.4, 0.5) is 15.8 Å². The molecule has 0 saturated carbocycles. The van der Waals surface area contributed by atoms with Gasteiger partial charge in [0, 0.05) is 24.5 Å². The van der Waals surface area contributed by atoms with E-state index in [1.165, 1.54) is 25.0 Å². The number of sulfonamides is 1. The number of carbonyl (C=O) groups is 1. The Balaban J connectivity index is 1.60. The van der Waals surface area contributed by atoms with Crippen molar-refractivity contribution in [2.75, 3.05) is 23.1 Å². The SMILES string of the molecule is C[C@@H](Nc1ccc(NS(=O)(=O)c2ccc(F)cc2)cc1)C(=O)N1CCCCCC1. The van der Waals surface area contributed by atoms with Gasteiger partial charge in [-0.05, 0) is 68.3 Å². The normalized spacial score (nSPS) is 16.0. The number of anilines is 2. The molecule has 29 heavy (non-hydrogen) atoms. The molecule has 0 unspecified atom stereocenters. The van der Waals surface area contributed by atoms with E-state index in [0.29, 0.717) is 5.69 Å². The van der Waals surface area contributed by atoms with Gasteiger partial charge in [0.1, 0.15) is 11.9 Å². The quantitative estimate of drug-likeness (QED) is 0.746. The van der Waals surface area contributed by atoms with Crippen LogP contribution < -0.4 is 10.0 Å². The van der Waals surface area contributed by atoms with Crippen molar-refractivity contribution in [1.29, 1.82) is 0 Å². The molecule has 2 aromatic carbocycles. The predicted molar refractivity (Wildman–Crippen MR) is 112 cm³/mol. The maximum absolute atomic E-state index is 13.0. The van der Waals surface area contributed by atoms with Crippen molar-refractivity contribution in [3.63, 3.8) is 0 Å². The van der Waals surface area contributed by atoms with E-state index in [2.05, 4.69) is 10.0 Å². The van der Waals surface area contributed by atoms with Crippen molar-refractivity contribution in [3.05, 3.63) is 54.3 Å². The Bertz CT molecular complexity index is 923. The molecular weight excluding hydrogens is 393 g/mol. The second kappa shape index (κ2) is 9.26. The lowest BCUT2D eigenvalue weighted by molar-refractivity contribution is -0.131. The summed E-state index contributed by atoms with van der Waals surface area (Å²) in [5.74, 6) is -0.420. The summed E-state index contributed by atoms with van der Waals surface area (Å²) >= 11 is 0. The topological polar surface area (TPSA) is 78.5 Å². The van der Waals surface area contributed by atoms with E-state index in [-0.39, 0.29) is 16.8 Å². The Hall–Kier alpha value is -2.61. The van der Waals surface area contributed by atoms with Crippen LogP contribution in [0.5, 0.6) is 0 Å². The fourth-order valence-electron chi connectivity index (χ4n) is 3.34. The minimum Gasteiger partial charge on any atom is -0.374 e. The van der Waals surface area contributed by atoms with Crippen LogP contribution in [0.15, 0.2) is 53.4 Å². The van der Waals surface area contributed by atoms with Crippen LogP contribution in [0.1, 0.15) is 32.6 Å². The van der Waals surface area contributed by atoms with E-state index in [4.69, 9.17) is 0 Å². The third-order valence-electron chi connectivity index (χ3n) is 4.93. The van der Waals surface area contributed by atoms with Crippen molar-refractivity contribution in [3.8, 4) is 0 Å². The molecule has 2 N–H and O–H groups in total. The molecule has 0 aliphatic carbocycles. The fourth-order valence-corrected chi connectivity index (χ4v) is 4.40. The number of hydrogen-bond donors (Lipinski definition) is 2. The highest BCUT2D eigenvalue weighted by molar-refractivity contribution is 7.92. The summed E-state index contributed by atoms with van der Waals surface area (Å²) in [4.78, 5) is 14.5. The minimum atomic E-state index is -3.80. The molecule has 0 aromatic heterocycles. The number of amides is 1. The van der Waals surface area contributed by atoms with E-state index in [1.807, 2.05) is 11.8 Å². The summed E-state index contributed by atoms with van der Waals surface area (Å²) in [5.41, 5.74) is 1.11. The molecule has 1 aliphatic rings. The van der Waals surface area contributed by atoms with E-state index in [9.17, 15) is 17.6 Å². The zero-order valence-electron chi connectivity index (χ0n) is 16.4. The standard InChI is InChI=1S/C21H26FN3O3S/c1-16(21(26)25-14-4-2-3-5-15-25)23-18-8-10-19(11-9-18)24-29(27,28)20-12-6-17(22)7-13-20/h6-13,16,23-24H,2-5,14-15H2,1H3/t16-/m1/s1. The van der Waals surface area contributed by atoms with Crippen LogP contribution in [0.2, 0.25) is 0 Å². The average molecular weight is 420 g/mol. The first-order valence-electron chi connectivity index (χ1n) is 9.79. The van der Waals surface area contributed by atoms with Gasteiger partial charge < -0.3 is 10.2 Å². The number of rotatable bonds is 6. The Labute approximate surface area is 171 Å². The number of likely N-dealkylation sites (tertiary alicyclic amines) is 1. The first kappa shape index (κ1) is 21.1. The van der Waals surface area contributed by atoms with Gasteiger partial charge in [-0.25, -0.2) is 12.8 Å². The Morgan fingerprint density at radius 3 is 2.07 bits per heavy atom. The number of carbonyl (C=O) groups excluding carboxylic acids is 1. The predicted octanol–water partition coefficient (Wildman–Crippen LogP) is 3.83. The molecule has 3 rings (SSSR count). The number of nitrogens with zero attached hydrogens (tertiary/aromatic N) is 1. The van der Waals surface area contributed by atoms with Crippen LogP contribution in [-0.2, 0) is 14.8 Å². The van der Waals surface area contributed by atoms with E-state index >= 15 is 0 Å². The Morgan fingerprint density at radius 2 is 1.48 bits per heavy atom. The number of nitrogens with one attached hydrogen (secondary N) is 2. The molecule has 1 heterocycles. The first-order valence-corrected chi connectivity index (χ1v) is 11.3.